The number of fused-ring (bicyclic) bond motifs is 1. The molecule has 1 aliphatic carbocycles. The van der Waals surface area contributed by atoms with Gasteiger partial charge in [-0.05, 0) is 38.0 Å². The second-order valence-corrected chi connectivity index (χ2v) is 8.31. The monoisotopic (exact) mass is 428 g/mol. The molecule has 9 nitrogen and oxygen atoms in total. The van der Waals surface area contributed by atoms with E-state index in [1.807, 2.05) is 4.57 Å². The average Bonchev–Trinajstić information content (AvgIpc) is 3.41. The van der Waals surface area contributed by atoms with E-state index in [4.69, 9.17) is 4.89 Å². The maximum Gasteiger partial charge on any atom is 0.332 e. The maximum absolute atomic E-state index is 12.8. The summed E-state index contributed by atoms with van der Waals surface area (Å²) in [6.07, 6.45) is 8.54. The Morgan fingerprint density at radius 1 is 1.21 bits per heavy atom. The second kappa shape index (κ2) is 11.5. The van der Waals surface area contributed by atoms with E-state index in [0.717, 1.165) is 6.54 Å². The molecule has 0 spiro atoms. The summed E-state index contributed by atoms with van der Waals surface area (Å²) in [7, 11) is -1.26. The van der Waals surface area contributed by atoms with Crippen LogP contribution in [0.4, 0.5) is 0 Å². The molecule has 10 heteroatoms. The van der Waals surface area contributed by atoms with Gasteiger partial charge in [0.15, 0.2) is 11.2 Å². The van der Waals surface area contributed by atoms with Crippen molar-refractivity contribution in [3.8, 4) is 0 Å². The van der Waals surface area contributed by atoms with E-state index in [1.165, 1.54) is 34.8 Å². The van der Waals surface area contributed by atoms with E-state index in [9.17, 15) is 14.2 Å². The van der Waals surface area contributed by atoms with Crippen LogP contribution in [0.2, 0.25) is 0 Å². The molecule has 0 bridgehead atoms. The molecule has 0 amide bonds. The first-order chi connectivity index (χ1) is 13.9. The fourth-order valence-electron chi connectivity index (χ4n) is 2.94. The standard InChI is InChI=1S/C15H23N4O5P.C4H10/c1-17-13-12(18(10-16-13)9-11-5-6-11)14(20)19(15(17)21)7-3-2-4-8-24-25(22)23;1-3-4-2/h10-11,25H,2-9H2,1H3,(H,22,23);3-4H2,1-2H3. The van der Waals surface area contributed by atoms with Crippen molar-refractivity contribution < 1.29 is 14.0 Å². The van der Waals surface area contributed by atoms with E-state index in [-0.39, 0.29) is 17.9 Å². The number of nitrogens with zero attached hydrogens (tertiary/aromatic N) is 4. The normalized spacial score (nSPS) is 14.6. The quantitative estimate of drug-likeness (QED) is 0.460. The van der Waals surface area contributed by atoms with Gasteiger partial charge in [-0.25, -0.2) is 9.78 Å². The Labute approximate surface area is 171 Å². The molecule has 164 valence electrons. The summed E-state index contributed by atoms with van der Waals surface area (Å²) in [5, 5.41) is 0. The van der Waals surface area contributed by atoms with Crippen molar-refractivity contribution in [3.63, 3.8) is 0 Å². The number of aromatic nitrogens is 4. The van der Waals surface area contributed by atoms with Gasteiger partial charge in [-0.2, -0.15) is 0 Å². The van der Waals surface area contributed by atoms with Crippen LogP contribution in [0.3, 0.4) is 0 Å². The molecule has 0 radical (unpaired) electrons. The van der Waals surface area contributed by atoms with Crippen LogP contribution < -0.4 is 11.2 Å². The van der Waals surface area contributed by atoms with Crippen molar-refractivity contribution in [1.29, 1.82) is 0 Å². The maximum atomic E-state index is 12.8. The lowest BCUT2D eigenvalue weighted by molar-refractivity contribution is 0.273. The van der Waals surface area contributed by atoms with Crippen LogP contribution >= 0.6 is 8.25 Å². The lowest BCUT2D eigenvalue weighted by atomic mass is 10.2. The second-order valence-electron chi connectivity index (χ2n) is 7.49. The topological polar surface area (TPSA) is 108 Å². The molecule has 1 unspecified atom stereocenters. The minimum Gasteiger partial charge on any atom is -0.326 e. The van der Waals surface area contributed by atoms with Gasteiger partial charge in [0.2, 0.25) is 0 Å². The number of aryl methyl sites for hydroxylation is 1. The molecule has 0 aromatic carbocycles. The largest absolute Gasteiger partial charge is 0.332 e. The highest BCUT2D eigenvalue weighted by Gasteiger charge is 2.24. The SMILES string of the molecule is CCCC.Cn1c(=O)n(CCCCCO[PH](=O)O)c(=O)c2c1ncn2CC1CC1. The molecule has 1 fully saturated rings. The van der Waals surface area contributed by atoms with Crippen LogP contribution in [0.1, 0.15) is 58.8 Å². The first kappa shape index (κ1) is 23.6. The van der Waals surface area contributed by atoms with Crippen LogP contribution in [0, 0.1) is 5.92 Å². The highest BCUT2D eigenvalue weighted by atomic mass is 31.1. The van der Waals surface area contributed by atoms with E-state index in [2.05, 4.69) is 23.4 Å². The Morgan fingerprint density at radius 3 is 2.48 bits per heavy atom. The Balaban J connectivity index is 0.000000687. The lowest BCUT2D eigenvalue weighted by Crippen LogP contribution is -2.39. The number of rotatable bonds is 10. The highest BCUT2D eigenvalue weighted by Crippen LogP contribution is 2.31. The molecule has 1 saturated carbocycles. The molecule has 29 heavy (non-hydrogen) atoms. The summed E-state index contributed by atoms with van der Waals surface area (Å²) in [6.45, 7) is 5.64. The number of unbranched alkanes of at least 4 members (excludes halogenated alkanes) is 3. The van der Waals surface area contributed by atoms with Gasteiger partial charge >= 0.3 is 13.9 Å². The Bertz CT molecular complexity index is 927. The Hall–Kier alpha value is -1.70. The van der Waals surface area contributed by atoms with E-state index < -0.39 is 8.25 Å². The van der Waals surface area contributed by atoms with Crippen LogP contribution in [0.25, 0.3) is 11.2 Å². The van der Waals surface area contributed by atoms with E-state index >= 15 is 0 Å². The summed E-state index contributed by atoms with van der Waals surface area (Å²) < 4.78 is 19.6. The van der Waals surface area contributed by atoms with Gasteiger partial charge in [0.1, 0.15) is 0 Å². The molecular formula is C19H33N4O5P. The summed E-state index contributed by atoms with van der Waals surface area (Å²) in [6, 6.07) is 0. The summed E-state index contributed by atoms with van der Waals surface area (Å²) in [5.41, 5.74) is 0.239. The van der Waals surface area contributed by atoms with Crippen LogP contribution in [0.5, 0.6) is 0 Å². The van der Waals surface area contributed by atoms with Crippen molar-refractivity contribution in [2.45, 2.75) is 71.9 Å². The molecule has 3 rings (SSSR count). The van der Waals surface area contributed by atoms with Gasteiger partial charge in [0, 0.05) is 20.1 Å². The number of imidazole rings is 1. The van der Waals surface area contributed by atoms with E-state index in [1.54, 1.807) is 13.4 Å². The molecule has 2 aromatic heterocycles. The van der Waals surface area contributed by atoms with Gasteiger partial charge in [-0.15, -0.1) is 0 Å². The summed E-state index contributed by atoms with van der Waals surface area (Å²) in [5.74, 6) is 0.599. The Kier molecular flexibility index (Phi) is 9.33. The smallest absolute Gasteiger partial charge is 0.326 e. The van der Waals surface area contributed by atoms with Crippen molar-refractivity contribution in [3.05, 3.63) is 27.2 Å². The van der Waals surface area contributed by atoms with Gasteiger partial charge in [-0.3, -0.25) is 18.5 Å². The van der Waals surface area contributed by atoms with Gasteiger partial charge in [0.05, 0.1) is 12.9 Å². The van der Waals surface area contributed by atoms with Crippen molar-refractivity contribution >= 4 is 19.4 Å². The zero-order valence-corrected chi connectivity index (χ0v) is 18.6. The minimum atomic E-state index is -2.89. The third-order valence-electron chi connectivity index (χ3n) is 5.01. The fourth-order valence-corrected chi connectivity index (χ4v) is 3.26. The molecule has 1 atom stereocenters. The predicted molar refractivity (Wildman–Crippen MR) is 114 cm³/mol. The van der Waals surface area contributed by atoms with Gasteiger partial charge < -0.3 is 14.0 Å². The van der Waals surface area contributed by atoms with Crippen LogP contribution in [-0.2, 0) is 29.2 Å². The van der Waals surface area contributed by atoms with Crippen molar-refractivity contribution in [2.24, 2.45) is 13.0 Å². The highest BCUT2D eigenvalue weighted by molar-refractivity contribution is 7.32. The number of hydrogen-bond acceptors (Lipinski definition) is 5. The Morgan fingerprint density at radius 2 is 1.90 bits per heavy atom. The molecule has 2 aromatic rings. The van der Waals surface area contributed by atoms with E-state index in [0.29, 0.717) is 42.9 Å². The van der Waals surface area contributed by atoms with Crippen molar-refractivity contribution in [2.75, 3.05) is 6.61 Å². The molecule has 0 saturated heterocycles. The summed E-state index contributed by atoms with van der Waals surface area (Å²) >= 11 is 0. The molecule has 2 heterocycles. The zero-order valence-electron chi connectivity index (χ0n) is 17.6. The average molecular weight is 428 g/mol. The van der Waals surface area contributed by atoms with Gasteiger partial charge in [0.25, 0.3) is 5.56 Å². The third kappa shape index (κ3) is 6.66. The summed E-state index contributed by atoms with van der Waals surface area (Å²) in [4.78, 5) is 38.1. The molecule has 1 aliphatic rings. The third-order valence-corrected chi connectivity index (χ3v) is 5.46. The fraction of sp³-hybridized carbons (Fsp3) is 0.737. The minimum absolute atomic E-state index is 0.203. The first-order valence-corrected chi connectivity index (χ1v) is 11.7. The number of hydrogen-bond donors (Lipinski definition) is 1. The predicted octanol–water partition coefficient (Wildman–Crippen LogP) is 2.68. The lowest BCUT2D eigenvalue weighted by Gasteiger charge is -2.09. The first-order valence-electron chi connectivity index (χ1n) is 10.4. The molecular weight excluding hydrogens is 395 g/mol. The molecule has 1 N–H and O–H groups in total. The van der Waals surface area contributed by atoms with Crippen molar-refractivity contribution in [1.82, 2.24) is 18.7 Å². The van der Waals surface area contributed by atoms with Crippen LogP contribution in [-0.4, -0.2) is 30.2 Å². The van der Waals surface area contributed by atoms with Crippen LogP contribution in [0.15, 0.2) is 15.9 Å². The van der Waals surface area contributed by atoms with Gasteiger partial charge in [-0.1, -0.05) is 26.7 Å². The molecule has 0 aliphatic heterocycles. The zero-order chi connectivity index (χ0) is 21.4.